The van der Waals surface area contributed by atoms with Gasteiger partial charge in [0.2, 0.25) is 0 Å². The van der Waals surface area contributed by atoms with Crippen molar-refractivity contribution in [1.82, 2.24) is 5.32 Å². The quantitative estimate of drug-likeness (QED) is 0.280. The van der Waals surface area contributed by atoms with Gasteiger partial charge in [-0.15, -0.1) is 0 Å². The summed E-state index contributed by atoms with van der Waals surface area (Å²) in [5.41, 5.74) is 4.62. The molecule has 1 amide bonds. The SMILES string of the molecule is CCc1ccc([C@H](C)NC(=O)c2ccccc2N(Cc2ccccc2)S(=O)(=O)c2ccc(C)cc2)cc1. The third kappa shape index (κ3) is 6.09. The predicted octanol–water partition coefficient (Wildman–Crippen LogP) is 6.44. The van der Waals surface area contributed by atoms with Gasteiger partial charge in [-0.2, -0.15) is 0 Å². The molecular weight excluding hydrogens is 480 g/mol. The molecule has 5 nitrogen and oxygen atoms in total. The maximum atomic E-state index is 13.9. The lowest BCUT2D eigenvalue weighted by atomic mass is 10.0. The number of sulfonamides is 1. The van der Waals surface area contributed by atoms with E-state index in [2.05, 4.69) is 24.4 Å². The van der Waals surface area contributed by atoms with Gasteiger partial charge >= 0.3 is 0 Å². The van der Waals surface area contributed by atoms with Crippen LogP contribution in [0.4, 0.5) is 5.69 Å². The number of carbonyl (C=O) groups is 1. The van der Waals surface area contributed by atoms with Crippen LogP contribution in [0.2, 0.25) is 0 Å². The molecule has 4 rings (SSSR count). The normalized spacial score (nSPS) is 12.1. The molecular formula is C31H32N2O3S. The van der Waals surface area contributed by atoms with E-state index in [0.29, 0.717) is 11.3 Å². The highest BCUT2D eigenvalue weighted by molar-refractivity contribution is 7.92. The third-order valence-corrected chi connectivity index (χ3v) is 8.20. The molecule has 0 bridgehead atoms. The van der Waals surface area contributed by atoms with Crippen LogP contribution in [0.3, 0.4) is 0 Å². The van der Waals surface area contributed by atoms with Crippen molar-refractivity contribution in [3.05, 3.63) is 131 Å². The monoisotopic (exact) mass is 512 g/mol. The van der Waals surface area contributed by atoms with E-state index in [1.54, 1.807) is 48.5 Å². The van der Waals surface area contributed by atoms with E-state index in [9.17, 15) is 13.2 Å². The molecule has 0 fully saturated rings. The summed E-state index contributed by atoms with van der Waals surface area (Å²) < 4.78 is 29.2. The summed E-state index contributed by atoms with van der Waals surface area (Å²) >= 11 is 0. The van der Waals surface area contributed by atoms with Crippen LogP contribution in [-0.4, -0.2) is 14.3 Å². The fraction of sp³-hybridized carbons (Fsp3) is 0.194. The van der Waals surface area contributed by atoms with E-state index in [4.69, 9.17) is 0 Å². The zero-order chi connectivity index (χ0) is 26.4. The Labute approximate surface area is 219 Å². The van der Waals surface area contributed by atoms with Gasteiger partial charge in [0.25, 0.3) is 15.9 Å². The van der Waals surface area contributed by atoms with Gasteiger partial charge in [-0.25, -0.2) is 8.42 Å². The van der Waals surface area contributed by atoms with Crippen molar-refractivity contribution >= 4 is 21.6 Å². The number of anilines is 1. The summed E-state index contributed by atoms with van der Waals surface area (Å²) in [5.74, 6) is -0.333. The molecule has 0 aliphatic carbocycles. The van der Waals surface area contributed by atoms with Crippen LogP contribution in [0.1, 0.15) is 52.5 Å². The molecule has 4 aromatic rings. The molecule has 1 N–H and O–H groups in total. The minimum Gasteiger partial charge on any atom is -0.345 e. The zero-order valence-electron chi connectivity index (χ0n) is 21.4. The number of hydrogen-bond donors (Lipinski definition) is 1. The Morgan fingerprint density at radius 1 is 0.811 bits per heavy atom. The number of rotatable bonds is 9. The fourth-order valence-electron chi connectivity index (χ4n) is 4.17. The summed E-state index contributed by atoms with van der Waals surface area (Å²) in [7, 11) is -3.96. The molecule has 1 atom stereocenters. The molecule has 6 heteroatoms. The summed E-state index contributed by atoms with van der Waals surface area (Å²) in [6, 6.07) is 30.9. The van der Waals surface area contributed by atoms with E-state index in [1.165, 1.54) is 9.87 Å². The van der Waals surface area contributed by atoms with Crippen molar-refractivity contribution in [2.45, 2.75) is 44.7 Å². The molecule has 4 aromatic carbocycles. The second-order valence-corrected chi connectivity index (χ2v) is 11.0. The standard InChI is InChI=1S/C31H32N2O3S/c1-4-25-16-18-27(19-17-25)24(3)32-31(34)29-12-8-9-13-30(29)33(22-26-10-6-5-7-11-26)37(35,36)28-20-14-23(2)15-21-28/h5-21,24H,4,22H2,1-3H3,(H,32,34)/t24-/m0/s1. The average Bonchev–Trinajstić information content (AvgIpc) is 2.92. The number of para-hydroxylation sites is 1. The Balaban J connectivity index is 1.71. The summed E-state index contributed by atoms with van der Waals surface area (Å²) in [6.45, 7) is 6.03. The van der Waals surface area contributed by atoms with Crippen LogP contribution in [0, 0.1) is 6.92 Å². The number of carbonyl (C=O) groups excluding carboxylic acids is 1. The molecule has 190 valence electrons. The van der Waals surface area contributed by atoms with Gasteiger partial charge in [0.1, 0.15) is 0 Å². The van der Waals surface area contributed by atoms with Crippen molar-refractivity contribution in [2.75, 3.05) is 4.31 Å². The number of nitrogens with zero attached hydrogens (tertiary/aromatic N) is 1. The topological polar surface area (TPSA) is 66.5 Å². The average molecular weight is 513 g/mol. The highest BCUT2D eigenvalue weighted by atomic mass is 32.2. The van der Waals surface area contributed by atoms with Gasteiger partial charge in [0.05, 0.1) is 28.7 Å². The van der Waals surface area contributed by atoms with Crippen molar-refractivity contribution in [1.29, 1.82) is 0 Å². The highest BCUT2D eigenvalue weighted by Crippen LogP contribution is 2.30. The van der Waals surface area contributed by atoms with E-state index < -0.39 is 10.0 Å². The molecule has 0 saturated heterocycles. The van der Waals surface area contributed by atoms with Gasteiger partial charge in [-0.1, -0.05) is 91.3 Å². The molecule has 0 aliphatic rings. The van der Waals surface area contributed by atoms with Gasteiger partial charge in [-0.3, -0.25) is 9.10 Å². The summed E-state index contributed by atoms with van der Waals surface area (Å²) in [6.07, 6.45) is 0.946. The maximum Gasteiger partial charge on any atom is 0.264 e. The lowest BCUT2D eigenvalue weighted by Gasteiger charge is -2.27. The number of aryl methyl sites for hydroxylation is 2. The molecule has 0 heterocycles. The molecule has 0 spiro atoms. The lowest BCUT2D eigenvalue weighted by molar-refractivity contribution is 0.0940. The minimum atomic E-state index is -3.96. The Morgan fingerprint density at radius 3 is 2.08 bits per heavy atom. The molecule has 0 saturated carbocycles. The van der Waals surface area contributed by atoms with E-state index >= 15 is 0 Å². The number of nitrogens with one attached hydrogen (secondary N) is 1. The van der Waals surface area contributed by atoms with Gasteiger partial charge < -0.3 is 5.32 Å². The third-order valence-electron chi connectivity index (χ3n) is 6.43. The van der Waals surface area contributed by atoms with Crippen LogP contribution in [0.15, 0.2) is 108 Å². The second kappa shape index (κ2) is 11.4. The van der Waals surface area contributed by atoms with Crippen LogP contribution in [0.25, 0.3) is 0 Å². The van der Waals surface area contributed by atoms with Crippen LogP contribution < -0.4 is 9.62 Å². The number of amides is 1. The first-order valence-corrected chi connectivity index (χ1v) is 13.9. The van der Waals surface area contributed by atoms with E-state index in [1.807, 2.05) is 56.3 Å². The molecule has 0 aromatic heterocycles. The zero-order valence-corrected chi connectivity index (χ0v) is 22.2. The highest BCUT2D eigenvalue weighted by Gasteiger charge is 2.29. The maximum absolute atomic E-state index is 13.9. The first-order chi connectivity index (χ1) is 17.8. The van der Waals surface area contributed by atoms with Crippen molar-refractivity contribution < 1.29 is 13.2 Å². The Bertz CT molecular complexity index is 1450. The second-order valence-electron chi connectivity index (χ2n) is 9.12. The van der Waals surface area contributed by atoms with Crippen LogP contribution in [0.5, 0.6) is 0 Å². The van der Waals surface area contributed by atoms with E-state index in [0.717, 1.165) is 23.1 Å². The molecule has 0 radical (unpaired) electrons. The smallest absolute Gasteiger partial charge is 0.264 e. The molecule has 0 unspecified atom stereocenters. The fourth-order valence-corrected chi connectivity index (χ4v) is 5.64. The lowest BCUT2D eigenvalue weighted by Crippen LogP contribution is -2.34. The number of hydrogen-bond acceptors (Lipinski definition) is 3. The Kier molecular flexibility index (Phi) is 8.09. The van der Waals surface area contributed by atoms with Gasteiger partial charge in [-0.05, 0) is 61.2 Å². The Morgan fingerprint density at radius 2 is 1.43 bits per heavy atom. The Hall–Kier alpha value is -3.90. The van der Waals surface area contributed by atoms with Crippen molar-refractivity contribution in [2.24, 2.45) is 0 Å². The first-order valence-electron chi connectivity index (χ1n) is 12.4. The largest absolute Gasteiger partial charge is 0.345 e. The molecule has 37 heavy (non-hydrogen) atoms. The summed E-state index contributed by atoms with van der Waals surface area (Å²) in [4.78, 5) is 13.7. The minimum absolute atomic E-state index is 0.0926. The van der Waals surface area contributed by atoms with Crippen molar-refractivity contribution in [3.63, 3.8) is 0 Å². The van der Waals surface area contributed by atoms with E-state index in [-0.39, 0.29) is 23.4 Å². The first kappa shape index (κ1) is 26.2. The predicted molar refractivity (Wildman–Crippen MR) is 149 cm³/mol. The van der Waals surface area contributed by atoms with Crippen molar-refractivity contribution in [3.8, 4) is 0 Å². The number of benzene rings is 4. The van der Waals surface area contributed by atoms with Gasteiger partial charge in [0.15, 0.2) is 0 Å². The molecule has 0 aliphatic heterocycles. The van der Waals surface area contributed by atoms with Gasteiger partial charge in [0, 0.05) is 0 Å². The van der Waals surface area contributed by atoms with Crippen LogP contribution in [-0.2, 0) is 23.0 Å². The van der Waals surface area contributed by atoms with Crippen LogP contribution >= 0.6 is 0 Å². The summed E-state index contributed by atoms with van der Waals surface area (Å²) in [5, 5.41) is 3.05.